The molecule has 0 fully saturated rings. The number of para-hydroxylation sites is 1. The number of nitrogens with zero attached hydrogens (tertiary/aromatic N) is 6. The number of benzene rings is 1. The molecule has 3 rings (SSSR count). The minimum atomic E-state index is -4.52. The zero-order chi connectivity index (χ0) is 21.7. The van der Waals surface area contributed by atoms with Gasteiger partial charge in [0.25, 0.3) is 5.91 Å². The highest BCUT2D eigenvalue weighted by Gasteiger charge is 2.31. The van der Waals surface area contributed by atoms with E-state index in [-0.39, 0.29) is 18.5 Å². The summed E-state index contributed by atoms with van der Waals surface area (Å²) >= 11 is 0. The molecule has 2 aromatic heterocycles. The number of likely N-dealkylation sites (N-methyl/N-ethyl adjacent to an activating group) is 1. The topological polar surface area (TPSA) is 86.0 Å². The van der Waals surface area contributed by atoms with Gasteiger partial charge in [-0.25, -0.2) is 9.97 Å². The van der Waals surface area contributed by atoms with Crippen molar-refractivity contribution in [3.05, 3.63) is 60.2 Å². The van der Waals surface area contributed by atoms with Crippen LogP contribution in [0.3, 0.4) is 0 Å². The summed E-state index contributed by atoms with van der Waals surface area (Å²) in [5.41, 5.74) is -0.0181. The number of amides is 1. The van der Waals surface area contributed by atoms with Crippen LogP contribution in [0.15, 0.2) is 49.1 Å². The van der Waals surface area contributed by atoms with Crippen LogP contribution in [0.25, 0.3) is 5.69 Å². The van der Waals surface area contributed by atoms with E-state index in [2.05, 4.69) is 20.2 Å². The van der Waals surface area contributed by atoms with Crippen molar-refractivity contribution in [3.8, 4) is 11.7 Å². The van der Waals surface area contributed by atoms with Gasteiger partial charge in [0.15, 0.2) is 0 Å². The normalized spacial score (nSPS) is 12.4. The summed E-state index contributed by atoms with van der Waals surface area (Å²) in [4.78, 5) is 23.2. The predicted molar refractivity (Wildman–Crippen MR) is 100 cm³/mol. The third kappa shape index (κ3) is 4.73. The van der Waals surface area contributed by atoms with Crippen molar-refractivity contribution < 1.29 is 22.7 Å². The molecule has 0 saturated heterocycles. The molecular formula is C19H19F3N6O2. The zero-order valence-electron chi connectivity index (χ0n) is 16.2. The molecule has 0 aliphatic rings. The standard InChI is InChI=1S/C19H19F3N6O2/c1-3-27(13(2)12-30-18-23-10-14(11-24-18)19(20,21)22)17(29)15-6-4-5-7-16(15)28-25-8-9-26-28/h4-11,13H,3,12H2,1-2H3/t13-/m0/s1. The third-order valence-corrected chi connectivity index (χ3v) is 4.31. The Bertz CT molecular complexity index is 977. The summed E-state index contributed by atoms with van der Waals surface area (Å²) in [5, 5.41) is 8.15. The highest BCUT2D eigenvalue weighted by atomic mass is 19.4. The first-order chi connectivity index (χ1) is 14.3. The molecule has 0 N–H and O–H groups in total. The Hall–Kier alpha value is -3.50. The average Bonchev–Trinajstić information content (AvgIpc) is 3.27. The maximum atomic E-state index is 13.1. The second-order valence-electron chi connectivity index (χ2n) is 6.34. The summed E-state index contributed by atoms with van der Waals surface area (Å²) in [6, 6.07) is 6.34. The lowest BCUT2D eigenvalue weighted by Gasteiger charge is -2.28. The van der Waals surface area contributed by atoms with Crippen LogP contribution < -0.4 is 4.74 Å². The largest absolute Gasteiger partial charge is 0.461 e. The highest BCUT2D eigenvalue weighted by molar-refractivity contribution is 5.97. The second kappa shape index (κ2) is 8.89. The number of aromatic nitrogens is 5. The fraction of sp³-hybridized carbons (Fsp3) is 0.316. The van der Waals surface area contributed by atoms with Gasteiger partial charge in [-0.15, -0.1) is 0 Å². The Balaban J connectivity index is 1.71. The van der Waals surface area contributed by atoms with Crippen LogP contribution in [0, 0.1) is 0 Å². The molecule has 1 aromatic carbocycles. The SMILES string of the molecule is CCN(C(=O)c1ccccc1-n1nccn1)[C@@H](C)COc1ncc(C(F)(F)F)cn1. The molecule has 0 bridgehead atoms. The molecular weight excluding hydrogens is 401 g/mol. The molecule has 0 aliphatic heterocycles. The average molecular weight is 420 g/mol. The minimum absolute atomic E-state index is 0.00707. The van der Waals surface area contributed by atoms with E-state index in [0.717, 1.165) is 0 Å². The molecule has 0 spiro atoms. The fourth-order valence-electron chi connectivity index (χ4n) is 2.80. The Morgan fingerprint density at radius 3 is 2.40 bits per heavy atom. The minimum Gasteiger partial charge on any atom is -0.461 e. The number of carbonyl (C=O) groups is 1. The first-order valence-corrected chi connectivity index (χ1v) is 9.10. The van der Waals surface area contributed by atoms with Crippen LogP contribution in [0.1, 0.15) is 29.8 Å². The molecule has 0 aliphatic carbocycles. The van der Waals surface area contributed by atoms with Crippen molar-refractivity contribution >= 4 is 5.91 Å². The van der Waals surface area contributed by atoms with E-state index in [4.69, 9.17) is 4.74 Å². The van der Waals surface area contributed by atoms with Gasteiger partial charge in [-0.2, -0.15) is 28.2 Å². The number of carbonyl (C=O) groups excluding carboxylic acids is 1. The predicted octanol–water partition coefficient (Wildman–Crippen LogP) is 3.01. The van der Waals surface area contributed by atoms with E-state index < -0.39 is 17.8 Å². The van der Waals surface area contributed by atoms with Crippen LogP contribution in [0.4, 0.5) is 13.2 Å². The van der Waals surface area contributed by atoms with Gasteiger partial charge in [-0.3, -0.25) is 4.79 Å². The van der Waals surface area contributed by atoms with Gasteiger partial charge >= 0.3 is 12.2 Å². The van der Waals surface area contributed by atoms with Crippen molar-refractivity contribution in [1.29, 1.82) is 0 Å². The van der Waals surface area contributed by atoms with Gasteiger partial charge in [0.05, 0.1) is 35.2 Å². The van der Waals surface area contributed by atoms with Crippen molar-refractivity contribution in [1.82, 2.24) is 29.9 Å². The molecule has 11 heteroatoms. The van der Waals surface area contributed by atoms with E-state index in [1.807, 2.05) is 6.92 Å². The molecule has 0 radical (unpaired) electrons. The maximum Gasteiger partial charge on any atom is 0.419 e. The van der Waals surface area contributed by atoms with Gasteiger partial charge in [0.1, 0.15) is 6.61 Å². The van der Waals surface area contributed by atoms with Gasteiger partial charge in [-0.1, -0.05) is 12.1 Å². The number of hydrogen-bond donors (Lipinski definition) is 0. The van der Waals surface area contributed by atoms with E-state index in [1.165, 1.54) is 17.2 Å². The van der Waals surface area contributed by atoms with Crippen LogP contribution in [-0.2, 0) is 6.18 Å². The van der Waals surface area contributed by atoms with Crippen molar-refractivity contribution in [2.24, 2.45) is 0 Å². The first kappa shape index (κ1) is 21.2. The van der Waals surface area contributed by atoms with E-state index in [0.29, 0.717) is 30.2 Å². The number of alkyl halides is 3. The zero-order valence-corrected chi connectivity index (χ0v) is 16.2. The Morgan fingerprint density at radius 1 is 1.17 bits per heavy atom. The van der Waals surface area contributed by atoms with E-state index in [9.17, 15) is 18.0 Å². The van der Waals surface area contributed by atoms with Crippen molar-refractivity contribution in [2.45, 2.75) is 26.1 Å². The van der Waals surface area contributed by atoms with Crippen LogP contribution >= 0.6 is 0 Å². The lowest BCUT2D eigenvalue weighted by molar-refractivity contribution is -0.138. The number of rotatable bonds is 7. The van der Waals surface area contributed by atoms with Gasteiger partial charge in [0.2, 0.25) is 0 Å². The van der Waals surface area contributed by atoms with E-state index in [1.54, 1.807) is 36.1 Å². The summed E-state index contributed by atoms with van der Waals surface area (Å²) in [7, 11) is 0. The fourth-order valence-corrected chi connectivity index (χ4v) is 2.80. The second-order valence-corrected chi connectivity index (χ2v) is 6.34. The summed E-state index contributed by atoms with van der Waals surface area (Å²) in [6.07, 6.45) is -0.182. The lowest BCUT2D eigenvalue weighted by Crippen LogP contribution is -2.42. The quantitative estimate of drug-likeness (QED) is 0.584. The monoisotopic (exact) mass is 420 g/mol. The smallest absolute Gasteiger partial charge is 0.419 e. The molecule has 158 valence electrons. The van der Waals surface area contributed by atoms with Crippen LogP contribution in [0.2, 0.25) is 0 Å². The van der Waals surface area contributed by atoms with Crippen molar-refractivity contribution in [2.75, 3.05) is 13.2 Å². The van der Waals surface area contributed by atoms with Gasteiger partial charge in [0, 0.05) is 18.9 Å². The molecule has 30 heavy (non-hydrogen) atoms. The Labute approximate surface area is 170 Å². The molecule has 0 saturated carbocycles. The van der Waals surface area contributed by atoms with Crippen molar-refractivity contribution in [3.63, 3.8) is 0 Å². The van der Waals surface area contributed by atoms with Gasteiger partial charge < -0.3 is 9.64 Å². The number of ether oxygens (including phenoxy) is 1. The molecule has 0 unspecified atom stereocenters. The number of hydrogen-bond acceptors (Lipinski definition) is 6. The first-order valence-electron chi connectivity index (χ1n) is 9.10. The van der Waals surface area contributed by atoms with Gasteiger partial charge in [-0.05, 0) is 26.0 Å². The number of halogens is 3. The lowest BCUT2D eigenvalue weighted by atomic mass is 10.1. The third-order valence-electron chi connectivity index (χ3n) is 4.31. The summed E-state index contributed by atoms with van der Waals surface area (Å²) in [5.74, 6) is -0.255. The summed E-state index contributed by atoms with van der Waals surface area (Å²) < 4.78 is 43.2. The molecule has 8 nitrogen and oxygen atoms in total. The molecule has 1 amide bonds. The highest BCUT2D eigenvalue weighted by Crippen LogP contribution is 2.28. The maximum absolute atomic E-state index is 13.1. The Kier molecular flexibility index (Phi) is 6.28. The van der Waals surface area contributed by atoms with Crippen LogP contribution in [-0.4, -0.2) is 55.0 Å². The molecule has 2 heterocycles. The molecule has 3 aromatic rings. The van der Waals surface area contributed by atoms with E-state index >= 15 is 0 Å². The summed E-state index contributed by atoms with van der Waals surface area (Å²) in [6.45, 7) is 3.98. The Morgan fingerprint density at radius 2 is 1.80 bits per heavy atom. The van der Waals surface area contributed by atoms with Crippen LogP contribution in [0.5, 0.6) is 6.01 Å². The molecule has 1 atom stereocenters.